The van der Waals surface area contributed by atoms with Crippen LogP contribution in [-0.4, -0.2) is 26.8 Å². The van der Waals surface area contributed by atoms with Gasteiger partial charge in [-0.25, -0.2) is 0 Å². The average molecular weight is 368 g/mol. The van der Waals surface area contributed by atoms with Crippen LogP contribution in [0.3, 0.4) is 0 Å². The third-order valence-electron chi connectivity index (χ3n) is 3.71. The van der Waals surface area contributed by atoms with Crippen LogP contribution in [0.2, 0.25) is 44.3 Å². The summed E-state index contributed by atoms with van der Waals surface area (Å²) in [6, 6.07) is 5.96. The molecule has 0 fully saturated rings. The maximum Gasteiger partial charge on any atom is 0.297 e. The molecule has 0 bridgehead atoms. The van der Waals surface area contributed by atoms with Crippen LogP contribution in [0.25, 0.3) is 10.9 Å². The zero-order valence-electron chi connectivity index (χ0n) is 15.1. The molecular formula is C17H26ClNO2Si2. The number of fused-ring (bicyclic) bond motifs is 1. The predicted molar refractivity (Wildman–Crippen MR) is 104 cm³/mol. The molecular weight excluding hydrogens is 342 g/mol. The molecule has 1 aromatic heterocycles. The Kier molecular flexibility index (Phi) is 4.86. The van der Waals surface area contributed by atoms with Gasteiger partial charge in [0.25, 0.3) is 5.97 Å². The molecule has 3 nitrogen and oxygen atoms in total. The van der Waals surface area contributed by atoms with Crippen LogP contribution in [0.5, 0.6) is 0 Å². The first-order valence-corrected chi connectivity index (χ1v) is 15.2. The molecule has 0 aliphatic heterocycles. The summed E-state index contributed by atoms with van der Waals surface area (Å²) in [5, 5.41) is 1.77. The Bertz CT molecular complexity index is 755. The maximum absolute atomic E-state index is 12.3. The van der Waals surface area contributed by atoms with Crippen molar-refractivity contribution in [1.82, 2.24) is 4.23 Å². The molecule has 0 unspecified atom stereocenters. The van der Waals surface area contributed by atoms with Gasteiger partial charge in [0, 0.05) is 21.6 Å². The lowest BCUT2D eigenvalue weighted by molar-refractivity contribution is -0.134. The molecule has 126 valence electrons. The molecule has 0 aliphatic rings. The zero-order chi connectivity index (χ0) is 17.6. The van der Waals surface area contributed by atoms with Crippen LogP contribution >= 0.6 is 11.6 Å². The molecule has 1 heterocycles. The molecule has 0 amide bonds. The largest absolute Gasteiger partial charge is 0.520 e. The van der Waals surface area contributed by atoms with Crippen molar-refractivity contribution >= 4 is 45.0 Å². The monoisotopic (exact) mass is 367 g/mol. The molecule has 0 spiro atoms. The van der Waals surface area contributed by atoms with Gasteiger partial charge in [0.1, 0.15) is 0 Å². The Labute approximate surface area is 145 Å². The molecule has 0 saturated heterocycles. The van der Waals surface area contributed by atoms with Gasteiger partial charge in [0.2, 0.25) is 8.32 Å². The minimum Gasteiger partial charge on any atom is -0.520 e. The SMILES string of the molecule is Cc1c(CC(=O)O[Si](C)(C)C)c2cc(Cl)ccc2n1[Si](C)(C)C. The number of halogens is 1. The Morgan fingerprint density at radius 3 is 2.30 bits per heavy atom. The molecule has 2 aromatic rings. The topological polar surface area (TPSA) is 31.2 Å². The lowest BCUT2D eigenvalue weighted by atomic mass is 10.1. The number of hydrogen-bond donors (Lipinski definition) is 0. The fourth-order valence-corrected chi connectivity index (χ4v) is 6.05. The molecule has 1 aromatic carbocycles. The third-order valence-corrected chi connectivity index (χ3v) is 6.70. The average Bonchev–Trinajstić information content (AvgIpc) is 2.59. The van der Waals surface area contributed by atoms with Crippen LogP contribution in [-0.2, 0) is 15.6 Å². The van der Waals surface area contributed by atoms with E-state index in [0.29, 0.717) is 11.4 Å². The highest BCUT2D eigenvalue weighted by molar-refractivity contribution is 6.75. The summed E-state index contributed by atoms with van der Waals surface area (Å²) < 4.78 is 8.05. The summed E-state index contributed by atoms with van der Waals surface area (Å²) >= 11 is 6.20. The van der Waals surface area contributed by atoms with E-state index in [1.54, 1.807) is 0 Å². The summed E-state index contributed by atoms with van der Waals surface area (Å²) in [5.41, 5.74) is 3.38. The van der Waals surface area contributed by atoms with Crippen molar-refractivity contribution in [2.45, 2.75) is 52.6 Å². The number of rotatable bonds is 4. The fourth-order valence-electron chi connectivity index (χ4n) is 3.07. The van der Waals surface area contributed by atoms with Gasteiger partial charge in [-0.05, 0) is 50.3 Å². The van der Waals surface area contributed by atoms with Crippen LogP contribution < -0.4 is 0 Å². The zero-order valence-corrected chi connectivity index (χ0v) is 17.8. The summed E-state index contributed by atoms with van der Waals surface area (Å²) in [4.78, 5) is 12.3. The third kappa shape index (κ3) is 4.08. The van der Waals surface area contributed by atoms with Crippen molar-refractivity contribution < 1.29 is 9.22 Å². The molecule has 6 heteroatoms. The van der Waals surface area contributed by atoms with Gasteiger partial charge < -0.3 is 8.66 Å². The summed E-state index contributed by atoms with van der Waals surface area (Å²) in [6.45, 7) is 15.1. The molecule has 0 aliphatic carbocycles. The maximum atomic E-state index is 12.3. The van der Waals surface area contributed by atoms with Crippen molar-refractivity contribution in [3.05, 3.63) is 34.5 Å². The Morgan fingerprint density at radius 1 is 1.17 bits per heavy atom. The predicted octanol–water partition coefficient (Wildman–Crippen LogP) is 5.21. The fraction of sp³-hybridized carbons (Fsp3) is 0.471. The molecule has 23 heavy (non-hydrogen) atoms. The number of hydrogen-bond acceptors (Lipinski definition) is 2. The Hall–Kier alpha value is -1.05. The van der Waals surface area contributed by atoms with E-state index >= 15 is 0 Å². The van der Waals surface area contributed by atoms with E-state index in [1.807, 2.05) is 31.8 Å². The van der Waals surface area contributed by atoms with Crippen LogP contribution in [0.4, 0.5) is 0 Å². The van der Waals surface area contributed by atoms with Gasteiger partial charge >= 0.3 is 0 Å². The second-order valence-electron chi connectivity index (χ2n) is 7.99. The van der Waals surface area contributed by atoms with Crippen molar-refractivity contribution in [1.29, 1.82) is 0 Å². The number of carbonyl (C=O) groups is 1. The van der Waals surface area contributed by atoms with Gasteiger partial charge in [-0.2, -0.15) is 0 Å². The van der Waals surface area contributed by atoms with E-state index in [0.717, 1.165) is 16.6 Å². The summed E-state index contributed by atoms with van der Waals surface area (Å²) in [5.74, 6) is -0.137. The minimum atomic E-state index is -1.87. The van der Waals surface area contributed by atoms with Gasteiger partial charge in [-0.15, -0.1) is 0 Å². The highest BCUT2D eigenvalue weighted by Gasteiger charge is 2.27. The highest BCUT2D eigenvalue weighted by Crippen LogP contribution is 2.31. The summed E-state index contributed by atoms with van der Waals surface area (Å²) in [6.07, 6.45) is 0.310. The standard InChI is InChI=1S/C17H26ClNO2Si2/c1-12-14(11-17(20)21-23(5,6)7)15-10-13(18)8-9-16(15)19(12)22(2,3)4/h8-10H,11H2,1-7H3. The lowest BCUT2D eigenvalue weighted by Gasteiger charge is -2.23. The van der Waals surface area contributed by atoms with E-state index in [4.69, 9.17) is 16.0 Å². The van der Waals surface area contributed by atoms with Gasteiger partial charge in [0.15, 0.2) is 8.24 Å². The first-order chi connectivity index (χ1) is 10.4. The van der Waals surface area contributed by atoms with Crippen LogP contribution in [0, 0.1) is 6.92 Å². The number of benzene rings is 1. The Balaban J connectivity index is 2.57. The van der Waals surface area contributed by atoms with Crippen LogP contribution in [0.15, 0.2) is 18.2 Å². The van der Waals surface area contributed by atoms with E-state index in [9.17, 15) is 4.79 Å². The number of nitrogens with zero attached hydrogens (tertiary/aromatic N) is 1. The van der Waals surface area contributed by atoms with Gasteiger partial charge in [0.05, 0.1) is 6.42 Å². The van der Waals surface area contributed by atoms with Crippen LogP contribution in [0.1, 0.15) is 11.3 Å². The quantitative estimate of drug-likeness (QED) is 0.695. The number of carbonyl (C=O) groups excluding carboxylic acids is 1. The lowest BCUT2D eigenvalue weighted by Crippen LogP contribution is -2.33. The molecule has 0 N–H and O–H groups in total. The molecule has 0 atom stereocenters. The number of aromatic nitrogens is 1. The van der Waals surface area contributed by atoms with E-state index < -0.39 is 16.6 Å². The normalized spacial score (nSPS) is 12.7. The van der Waals surface area contributed by atoms with E-state index in [-0.39, 0.29) is 5.97 Å². The van der Waals surface area contributed by atoms with Crippen molar-refractivity contribution in [3.63, 3.8) is 0 Å². The van der Waals surface area contributed by atoms with Gasteiger partial charge in [-0.1, -0.05) is 31.2 Å². The second-order valence-corrected chi connectivity index (χ2v) is 17.6. The van der Waals surface area contributed by atoms with Crippen molar-refractivity contribution in [2.75, 3.05) is 0 Å². The minimum absolute atomic E-state index is 0.137. The first kappa shape index (κ1) is 18.3. The van der Waals surface area contributed by atoms with E-state index in [2.05, 4.69) is 36.9 Å². The van der Waals surface area contributed by atoms with Gasteiger partial charge in [-0.3, -0.25) is 4.79 Å². The highest BCUT2D eigenvalue weighted by atomic mass is 35.5. The first-order valence-electron chi connectivity index (χ1n) is 7.92. The second kappa shape index (κ2) is 6.11. The van der Waals surface area contributed by atoms with Crippen molar-refractivity contribution in [3.8, 4) is 0 Å². The van der Waals surface area contributed by atoms with Crippen molar-refractivity contribution in [2.24, 2.45) is 0 Å². The molecule has 0 saturated carbocycles. The summed E-state index contributed by atoms with van der Waals surface area (Å²) in [7, 11) is -3.48. The Morgan fingerprint density at radius 2 is 1.78 bits per heavy atom. The molecule has 2 rings (SSSR count). The smallest absolute Gasteiger partial charge is 0.297 e. The van der Waals surface area contributed by atoms with E-state index in [1.165, 1.54) is 5.52 Å². The molecule has 0 radical (unpaired) electrons.